The number of nitrogens with one attached hydrogen (secondary N) is 1. The maximum atomic E-state index is 12.7. The van der Waals surface area contributed by atoms with Crippen LogP contribution in [0.2, 0.25) is 0 Å². The molecule has 1 saturated heterocycles. The van der Waals surface area contributed by atoms with E-state index in [1.54, 1.807) is 24.3 Å². The zero-order valence-electron chi connectivity index (χ0n) is 11.1. The van der Waals surface area contributed by atoms with Crippen molar-refractivity contribution < 1.29 is 14.3 Å². The molecular formula is C15H19NO3. The SMILES string of the molecule is CCCOC1(C(=O)c2ccccc2)CCCNC1=O. The largest absolute Gasteiger partial charge is 0.357 e. The number of benzene rings is 1. The highest BCUT2D eigenvalue weighted by molar-refractivity contribution is 6.17. The van der Waals surface area contributed by atoms with Crippen molar-refractivity contribution in [2.45, 2.75) is 31.8 Å². The lowest BCUT2D eigenvalue weighted by Gasteiger charge is -2.34. The maximum Gasteiger partial charge on any atom is 0.260 e. The van der Waals surface area contributed by atoms with Gasteiger partial charge in [-0.3, -0.25) is 9.59 Å². The number of hydrogen-bond donors (Lipinski definition) is 1. The fraction of sp³-hybridized carbons (Fsp3) is 0.467. The van der Waals surface area contributed by atoms with E-state index in [-0.39, 0.29) is 11.7 Å². The summed E-state index contributed by atoms with van der Waals surface area (Å²) in [6.45, 7) is 2.98. The van der Waals surface area contributed by atoms with Crippen molar-refractivity contribution in [3.63, 3.8) is 0 Å². The number of rotatable bonds is 5. The molecule has 0 saturated carbocycles. The lowest BCUT2D eigenvalue weighted by Crippen LogP contribution is -2.58. The Morgan fingerprint density at radius 1 is 1.37 bits per heavy atom. The van der Waals surface area contributed by atoms with Gasteiger partial charge in [0.15, 0.2) is 0 Å². The van der Waals surface area contributed by atoms with E-state index >= 15 is 0 Å². The minimum atomic E-state index is -1.34. The van der Waals surface area contributed by atoms with Crippen molar-refractivity contribution in [3.05, 3.63) is 35.9 Å². The van der Waals surface area contributed by atoms with Gasteiger partial charge in [0, 0.05) is 18.7 Å². The summed E-state index contributed by atoms with van der Waals surface area (Å²) in [4.78, 5) is 24.8. The molecule has 1 fully saturated rings. The molecule has 0 radical (unpaired) electrons. The molecule has 2 rings (SSSR count). The quantitative estimate of drug-likeness (QED) is 0.651. The van der Waals surface area contributed by atoms with E-state index in [1.165, 1.54) is 0 Å². The lowest BCUT2D eigenvalue weighted by atomic mass is 9.85. The zero-order chi connectivity index (χ0) is 13.7. The van der Waals surface area contributed by atoms with Crippen LogP contribution in [-0.2, 0) is 9.53 Å². The van der Waals surface area contributed by atoms with E-state index < -0.39 is 5.60 Å². The summed E-state index contributed by atoms with van der Waals surface area (Å²) in [5, 5.41) is 2.75. The van der Waals surface area contributed by atoms with Gasteiger partial charge >= 0.3 is 0 Å². The molecule has 102 valence electrons. The number of hydrogen-bond acceptors (Lipinski definition) is 3. The van der Waals surface area contributed by atoms with Crippen LogP contribution in [0.3, 0.4) is 0 Å². The fourth-order valence-corrected chi connectivity index (χ4v) is 2.31. The first-order valence-electron chi connectivity index (χ1n) is 6.73. The molecule has 19 heavy (non-hydrogen) atoms. The molecular weight excluding hydrogens is 242 g/mol. The Balaban J connectivity index is 2.31. The highest BCUT2D eigenvalue weighted by atomic mass is 16.5. The van der Waals surface area contributed by atoms with Crippen LogP contribution in [0.1, 0.15) is 36.5 Å². The van der Waals surface area contributed by atoms with Crippen LogP contribution in [0.4, 0.5) is 0 Å². The molecule has 1 heterocycles. The van der Waals surface area contributed by atoms with Crippen molar-refractivity contribution in [1.82, 2.24) is 5.32 Å². The summed E-state index contributed by atoms with van der Waals surface area (Å²) in [6.07, 6.45) is 1.98. The van der Waals surface area contributed by atoms with Gasteiger partial charge in [0.1, 0.15) is 0 Å². The third-order valence-electron chi connectivity index (χ3n) is 3.31. The Morgan fingerprint density at radius 2 is 2.11 bits per heavy atom. The molecule has 4 heteroatoms. The molecule has 0 aromatic heterocycles. The van der Waals surface area contributed by atoms with Crippen LogP contribution in [0.15, 0.2) is 30.3 Å². The number of ether oxygens (including phenoxy) is 1. The number of amides is 1. The van der Waals surface area contributed by atoms with E-state index in [9.17, 15) is 9.59 Å². The van der Waals surface area contributed by atoms with E-state index in [4.69, 9.17) is 4.74 Å². The topological polar surface area (TPSA) is 55.4 Å². The number of Topliss-reactive ketones (excluding diaryl/α,β-unsaturated/α-hetero) is 1. The molecule has 0 spiro atoms. The summed E-state index contributed by atoms with van der Waals surface area (Å²) in [7, 11) is 0. The highest BCUT2D eigenvalue weighted by Crippen LogP contribution is 2.27. The van der Waals surface area contributed by atoms with Gasteiger partial charge in [-0.05, 0) is 19.3 Å². The van der Waals surface area contributed by atoms with Crippen molar-refractivity contribution in [2.75, 3.05) is 13.2 Å². The molecule has 0 bridgehead atoms. The second-order valence-corrected chi connectivity index (χ2v) is 4.73. The average molecular weight is 261 g/mol. The predicted octanol–water partition coefficient (Wildman–Crippen LogP) is 1.94. The number of piperidine rings is 1. The predicted molar refractivity (Wildman–Crippen MR) is 72.0 cm³/mol. The molecule has 1 N–H and O–H groups in total. The summed E-state index contributed by atoms with van der Waals surface area (Å²) in [5.74, 6) is -0.542. The minimum Gasteiger partial charge on any atom is -0.357 e. The van der Waals surface area contributed by atoms with Gasteiger partial charge in [0.05, 0.1) is 0 Å². The fourth-order valence-electron chi connectivity index (χ4n) is 2.31. The molecule has 1 aliphatic rings. The third-order valence-corrected chi connectivity index (χ3v) is 3.31. The summed E-state index contributed by atoms with van der Waals surface area (Å²) in [6, 6.07) is 8.88. The molecule has 0 aliphatic carbocycles. The van der Waals surface area contributed by atoms with Crippen molar-refractivity contribution in [3.8, 4) is 0 Å². The third kappa shape index (κ3) is 2.68. The second-order valence-electron chi connectivity index (χ2n) is 4.73. The molecule has 1 atom stereocenters. The molecule has 4 nitrogen and oxygen atoms in total. The van der Waals surface area contributed by atoms with Crippen LogP contribution in [-0.4, -0.2) is 30.4 Å². The molecule has 1 aromatic carbocycles. The number of carbonyl (C=O) groups is 2. The summed E-state index contributed by atoms with van der Waals surface area (Å²) < 4.78 is 5.69. The van der Waals surface area contributed by atoms with Crippen LogP contribution in [0.5, 0.6) is 0 Å². The van der Waals surface area contributed by atoms with Crippen LogP contribution in [0, 0.1) is 0 Å². The lowest BCUT2D eigenvalue weighted by molar-refractivity contribution is -0.144. The van der Waals surface area contributed by atoms with Crippen LogP contribution >= 0.6 is 0 Å². The Hall–Kier alpha value is -1.68. The molecule has 1 amide bonds. The molecule has 1 aromatic rings. The number of carbonyl (C=O) groups excluding carboxylic acids is 2. The van der Waals surface area contributed by atoms with Crippen molar-refractivity contribution in [2.24, 2.45) is 0 Å². The highest BCUT2D eigenvalue weighted by Gasteiger charge is 2.48. The second kappa shape index (κ2) is 5.97. The molecule has 1 aliphatic heterocycles. The minimum absolute atomic E-state index is 0.237. The smallest absolute Gasteiger partial charge is 0.260 e. The average Bonchev–Trinajstić information content (AvgIpc) is 2.47. The monoisotopic (exact) mass is 261 g/mol. The van der Waals surface area contributed by atoms with Gasteiger partial charge in [-0.25, -0.2) is 0 Å². The standard InChI is InChI=1S/C15H19NO3/c1-2-11-19-15(9-6-10-16-14(15)18)13(17)12-7-4-3-5-8-12/h3-5,7-8H,2,6,9-11H2,1H3,(H,16,18). The first-order valence-corrected chi connectivity index (χ1v) is 6.73. The van der Waals surface area contributed by atoms with Gasteiger partial charge in [0.25, 0.3) is 5.91 Å². The van der Waals surface area contributed by atoms with Gasteiger partial charge in [-0.15, -0.1) is 0 Å². The van der Waals surface area contributed by atoms with Crippen molar-refractivity contribution in [1.29, 1.82) is 0 Å². The Bertz CT molecular complexity index is 458. The van der Waals surface area contributed by atoms with E-state index in [0.29, 0.717) is 25.1 Å². The number of ketones is 1. The normalized spacial score (nSPS) is 22.9. The van der Waals surface area contributed by atoms with E-state index in [1.807, 2.05) is 13.0 Å². The Labute approximate surface area is 113 Å². The van der Waals surface area contributed by atoms with Crippen LogP contribution in [0.25, 0.3) is 0 Å². The summed E-state index contributed by atoms with van der Waals surface area (Å²) >= 11 is 0. The first-order chi connectivity index (χ1) is 9.20. The Kier molecular flexibility index (Phi) is 4.32. The maximum absolute atomic E-state index is 12.7. The van der Waals surface area contributed by atoms with E-state index in [2.05, 4.69) is 5.32 Å². The van der Waals surface area contributed by atoms with Gasteiger partial charge in [-0.2, -0.15) is 0 Å². The van der Waals surface area contributed by atoms with Crippen LogP contribution < -0.4 is 5.32 Å². The van der Waals surface area contributed by atoms with Gasteiger partial charge in [-0.1, -0.05) is 37.3 Å². The molecule has 1 unspecified atom stereocenters. The zero-order valence-corrected chi connectivity index (χ0v) is 11.1. The Morgan fingerprint density at radius 3 is 2.74 bits per heavy atom. The van der Waals surface area contributed by atoms with Gasteiger partial charge in [0.2, 0.25) is 11.4 Å². The van der Waals surface area contributed by atoms with Gasteiger partial charge < -0.3 is 10.1 Å². The van der Waals surface area contributed by atoms with Crippen molar-refractivity contribution >= 4 is 11.7 Å². The van der Waals surface area contributed by atoms with E-state index in [0.717, 1.165) is 12.8 Å². The summed E-state index contributed by atoms with van der Waals surface area (Å²) in [5.41, 5.74) is -0.814. The first kappa shape index (κ1) is 13.7.